The summed E-state index contributed by atoms with van der Waals surface area (Å²) in [4.78, 5) is 0. The predicted octanol–water partition coefficient (Wildman–Crippen LogP) is 2.18. The second-order valence-electron chi connectivity index (χ2n) is 5.61. The maximum atomic E-state index is 5.80. The Labute approximate surface area is 128 Å². The molecule has 4 nitrogen and oxygen atoms in total. The Morgan fingerprint density at radius 1 is 1.40 bits per heavy atom. The van der Waals surface area contributed by atoms with Crippen molar-refractivity contribution >= 4 is 15.9 Å². The first-order valence-corrected chi connectivity index (χ1v) is 8.05. The fourth-order valence-corrected chi connectivity index (χ4v) is 3.73. The van der Waals surface area contributed by atoms with E-state index < -0.39 is 0 Å². The minimum atomic E-state index is 0.234. The van der Waals surface area contributed by atoms with E-state index in [1.807, 2.05) is 0 Å². The molecule has 1 saturated heterocycles. The lowest BCUT2D eigenvalue weighted by Crippen LogP contribution is -2.45. The number of hydrogen-bond acceptors (Lipinski definition) is 4. The van der Waals surface area contributed by atoms with Gasteiger partial charge in [-0.25, -0.2) is 0 Å². The Balaban J connectivity index is 1.78. The molecule has 0 amide bonds. The van der Waals surface area contributed by atoms with E-state index in [9.17, 15) is 0 Å². The van der Waals surface area contributed by atoms with Crippen LogP contribution in [0.5, 0.6) is 5.75 Å². The number of hydrogen-bond donors (Lipinski definition) is 2. The van der Waals surface area contributed by atoms with Crippen molar-refractivity contribution in [2.75, 3.05) is 19.8 Å². The van der Waals surface area contributed by atoms with Gasteiger partial charge in [-0.3, -0.25) is 11.3 Å². The second-order valence-corrected chi connectivity index (χ2v) is 6.52. The monoisotopic (exact) mass is 340 g/mol. The van der Waals surface area contributed by atoms with Crippen LogP contribution < -0.4 is 16.0 Å². The molecule has 0 spiro atoms. The molecule has 3 N–H and O–H groups in total. The summed E-state index contributed by atoms with van der Waals surface area (Å²) in [5.74, 6) is 7.31. The van der Waals surface area contributed by atoms with E-state index in [4.69, 9.17) is 15.3 Å². The minimum Gasteiger partial charge on any atom is -0.493 e. The molecule has 0 saturated carbocycles. The molecule has 2 aliphatic rings. The molecule has 2 heterocycles. The van der Waals surface area contributed by atoms with E-state index in [2.05, 4.69) is 33.5 Å². The molecule has 0 bridgehead atoms. The standard InChI is InChI=1S/C15H21BrN2O2/c16-13-6-10-3-5-20-15(10)12(7-13)8-14(18-17)11-2-1-4-19-9-11/h6-7,11,14,18H,1-5,8-9,17H2. The van der Waals surface area contributed by atoms with Crippen LogP contribution in [0.4, 0.5) is 0 Å². The average Bonchev–Trinajstić information content (AvgIpc) is 2.93. The normalized spacial score (nSPS) is 23.2. The molecule has 1 aromatic rings. The van der Waals surface area contributed by atoms with Gasteiger partial charge in [0.25, 0.3) is 0 Å². The Morgan fingerprint density at radius 3 is 3.05 bits per heavy atom. The number of benzene rings is 1. The van der Waals surface area contributed by atoms with E-state index in [0.29, 0.717) is 5.92 Å². The van der Waals surface area contributed by atoms with Crippen molar-refractivity contribution in [1.29, 1.82) is 0 Å². The van der Waals surface area contributed by atoms with Crippen LogP contribution in [0.3, 0.4) is 0 Å². The average molecular weight is 341 g/mol. The summed E-state index contributed by atoms with van der Waals surface area (Å²) < 4.78 is 12.5. The maximum absolute atomic E-state index is 5.80. The van der Waals surface area contributed by atoms with E-state index in [-0.39, 0.29) is 6.04 Å². The quantitative estimate of drug-likeness (QED) is 0.651. The summed E-state index contributed by atoms with van der Waals surface area (Å²) in [6, 6.07) is 4.54. The second kappa shape index (κ2) is 6.43. The molecule has 0 radical (unpaired) electrons. The van der Waals surface area contributed by atoms with Crippen molar-refractivity contribution in [3.05, 3.63) is 27.7 Å². The van der Waals surface area contributed by atoms with E-state index in [1.165, 1.54) is 17.5 Å². The topological polar surface area (TPSA) is 56.5 Å². The van der Waals surface area contributed by atoms with Gasteiger partial charge in [-0.15, -0.1) is 0 Å². The smallest absolute Gasteiger partial charge is 0.125 e. The summed E-state index contributed by atoms with van der Waals surface area (Å²) in [5, 5.41) is 0. The van der Waals surface area contributed by atoms with Crippen molar-refractivity contribution in [2.45, 2.75) is 31.7 Å². The lowest BCUT2D eigenvalue weighted by molar-refractivity contribution is 0.0392. The highest BCUT2D eigenvalue weighted by molar-refractivity contribution is 9.10. The van der Waals surface area contributed by atoms with Crippen molar-refractivity contribution in [2.24, 2.45) is 11.8 Å². The van der Waals surface area contributed by atoms with Gasteiger partial charge in [0.15, 0.2) is 0 Å². The number of nitrogens with two attached hydrogens (primary N) is 1. The number of hydrazine groups is 1. The number of ether oxygens (including phenoxy) is 2. The minimum absolute atomic E-state index is 0.234. The highest BCUT2D eigenvalue weighted by Gasteiger charge is 2.26. The fourth-order valence-electron chi connectivity index (χ4n) is 3.18. The van der Waals surface area contributed by atoms with Crippen LogP contribution in [0.15, 0.2) is 16.6 Å². The van der Waals surface area contributed by atoms with Gasteiger partial charge in [0.2, 0.25) is 0 Å². The van der Waals surface area contributed by atoms with Crippen LogP contribution >= 0.6 is 15.9 Å². The molecular formula is C15H21BrN2O2. The Kier molecular flexibility index (Phi) is 4.61. The van der Waals surface area contributed by atoms with Gasteiger partial charge in [-0.1, -0.05) is 15.9 Å². The van der Waals surface area contributed by atoms with Crippen LogP contribution in [-0.4, -0.2) is 25.9 Å². The molecule has 110 valence electrons. The molecule has 2 aliphatic heterocycles. The van der Waals surface area contributed by atoms with Crippen molar-refractivity contribution in [3.8, 4) is 5.75 Å². The van der Waals surface area contributed by atoms with Crippen LogP contribution in [0.25, 0.3) is 0 Å². The SMILES string of the molecule is NNC(Cc1cc(Br)cc2c1OCC2)C1CCCOC1. The zero-order valence-electron chi connectivity index (χ0n) is 11.5. The molecular weight excluding hydrogens is 320 g/mol. The van der Waals surface area contributed by atoms with Gasteiger partial charge in [-0.2, -0.15) is 0 Å². The Morgan fingerprint density at radius 2 is 2.30 bits per heavy atom. The first-order chi connectivity index (χ1) is 9.78. The van der Waals surface area contributed by atoms with Crippen LogP contribution in [0.1, 0.15) is 24.0 Å². The molecule has 2 atom stereocenters. The summed E-state index contributed by atoms with van der Waals surface area (Å²) in [6.07, 6.45) is 4.17. The van der Waals surface area contributed by atoms with Gasteiger partial charge < -0.3 is 9.47 Å². The Hall–Kier alpha value is -0.620. The highest BCUT2D eigenvalue weighted by atomic mass is 79.9. The molecule has 1 aromatic carbocycles. The van der Waals surface area contributed by atoms with E-state index >= 15 is 0 Å². The van der Waals surface area contributed by atoms with E-state index in [1.54, 1.807) is 0 Å². The van der Waals surface area contributed by atoms with Crippen LogP contribution in [0, 0.1) is 5.92 Å². The van der Waals surface area contributed by atoms with Crippen molar-refractivity contribution in [1.82, 2.24) is 5.43 Å². The summed E-state index contributed by atoms with van der Waals surface area (Å²) in [7, 11) is 0. The van der Waals surface area contributed by atoms with Gasteiger partial charge >= 0.3 is 0 Å². The molecule has 5 heteroatoms. The molecule has 3 rings (SSSR count). The van der Waals surface area contributed by atoms with Crippen molar-refractivity contribution < 1.29 is 9.47 Å². The van der Waals surface area contributed by atoms with Crippen molar-refractivity contribution in [3.63, 3.8) is 0 Å². The largest absolute Gasteiger partial charge is 0.493 e. The number of halogens is 1. The summed E-state index contributed by atoms with van der Waals surface area (Å²) in [6.45, 7) is 2.46. The van der Waals surface area contributed by atoms with Crippen LogP contribution in [-0.2, 0) is 17.6 Å². The maximum Gasteiger partial charge on any atom is 0.125 e. The molecule has 2 unspecified atom stereocenters. The van der Waals surface area contributed by atoms with Crippen LogP contribution in [0.2, 0.25) is 0 Å². The third kappa shape index (κ3) is 3.01. The van der Waals surface area contributed by atoms with E-state index in [0.717, 1.165) is 49.3 Å². The zero-order chi connectivity index (χ0) is 13.9. The number of fused-ring (bicyclic) bond motifs is 1. The third-order valence-electron chi connectivity index (χ3n) is 4.24. The first-order valence-electron chi connectivity index (χ1n) is 7.26. The number of nitrogens with one attached hydrogen (secondary N) is 1. The predicted molar refractivity (Wildman–Crippen MR) is 81.7 cm³/mol. The molecule has 1 fully saturated rings. The molecule has 0 aromatic heterocycles. The van der Waals surface area contributed by atoms with Gasteiger partial charge in [0.1, 0.15) is 5.75 Å². The lowest BCUT2D eigenvalue weighted by Gasteiger charge is -2.30. The first kappa shape index (κ1) is 14.3. The third-order valence-corrected chi connectivity index (χ3v) is 4.70. The molecule has 0 aliphatic carbocycles. The number of rotatable bonds is 4. The van der Waals surface area contributed by atoms with Gasteiger partial charge in [-0.05, 0) is 48.4 Å². The summed E-state index contributed by atoms with van der Waals surface area (Å²) >= 11 is 3.59. The lowest BCUT2D eigenvalue weighted by atomic mass is 9.89. The molecule has 20 heavy (non-hydrogen) atoms. The van der Waals surface area contributed by atoms with Gasteiger partial charge in [0.05, 0.1) is 13.2 Å². The summed E-state index contributed by atoms with van der Waals surface area (Å²) in [5.41, 5.74) is 5.51. The van der Waals surface area contributed by atoms with Gasteiger partial charge in [0, 0.05) is 23.5 Å². The Bertz CT molecular complexity index is 475. The zero-order valence-corrected chi connectivity index (χ0v) is 13.1. The highest BCUT2D eigenvalue weighted by Crippen LogP contribution is 2.34. The fraction of sp³-hybridized carbons (Fsp3) is 0.600.